The third kappa shape index (κ3) is 4.97. The van der Waals surface area contributed by atoms with E-state index in [1.165, 1.54) is 0 Å². The summed E-state index contributed by atoms with van der Waals surface area (Å²) in [6.45, 7) is 1.12. The zero-order valence-electron chi connectivity index (χ0n) is 16.3. The molecule has 28 heavy (non-hydrogen) atoms. The van der Waals surface area contributed by atoms with Crippen molar-refractivity contribution in [2.75, 3.05) is 31.4 Å². The van der Waals surface area contributed by atoms with Crippen LogP contribution in [0, 0.1) is 0 Å². The molecule has 0 atom stereocenters. The molecule has 0 bridgehead atoms. The molecular weight excluding hydrogens is 348 g/mol. The summed E-state index contributed by atoms with van der Waals surface area (Å²) in [4.78, 5) is 14.9. The van der Waals surface area contributed by atoms with Crippen LogP contribution in [0.25, 0.3) is 11.1 Å². The van der Waals surface area contributed by atoms with Gasteiger partial charge < -0.3 is 21.3 Å². The second-order valence-corrected chi connectivity index (χ2v) is 6.90. The molecule has 3 aromatic carbocycles. The van der Waals surface area contributed by atoms with Gasteiger partial charge in [-0.05, 0) is 55.1 Å². The molecule has 0 saturated heterocycles. The Labute approximate surface area is 166 Å². The highest BCUT2D eigenvalue weighted by Gasteiger charge is 2.11. The molecular formula is C23H26N4O. The van der Waals surface area contributed by atoms with Crippen molar-refractivity contribution < 1.29 is 4.79 Å². The van der Waals surface area contributed by atoms with Gasteiger partial charge in [0, 0.05) is 12.1 Å². The summed E-state index contributed by atoms with van der Waals surface area (Å²) in [5, 5.41) is 6.11. The first-order valence-electron chi connectivity index (χ1n) is 9.25. The number of nitrogens with zero attached hydrogens (tertiary/aromatic N) is 1. The van der Waals surface area contributed by atoms with Crippen LogP contribution in [-0.4, -0.2) is 31.6 Å². The van der Waals surface area contributed by atoms with Crippen molar-refractivity contribution in [2.24, 2.45) is 5.73 Å². The fourth-order valence-electron chi connectivity index (χ4n) is 3.04. The Bertz CT molecular complexity index is 921. The third-order valence-electron chi connectivity index (χ3n) is 4.38. The fourth-order valence-corrected chi connectivity index (χ4v) is 3.04. The molecule has 0 fully saturated rings. The van der Waals surface area contributed by atoms with Crippen LogP contribution in [0.3, 0.4) is 0 Å². The van der Waals surface area contributed by atoms with Gasteiger partial charge in [0.1, 0.15) is 0 Å². The lowest BCUT2D eigenvalue weighted by Crippen LogP contribution is -2.16. The number of amides is 1. The summed E-state index contributed by atoms with van der Waals surface area (Å²) in [5.74, 6) is -0.151. The summed E-state index contributed by atoms with van der Waals surface area (Å²) >= 11 is 0. The lowest BCUT2D eigenvalue weighted by Gasteiger charge is -2.15. The van der Waals surface area contributed by atoms with Crippen molar-refractivity contribution in [3.63, 3.8) is 0 Å². The Kier molecular flexibility index (Phi) is 6.42. The molecule has 0 spiro atoms. The quantitative estimate of drug-likeness (QED) is 0.547. The first-order chi connectivity index (χ1) is 13.6. The molecule has 0 unspecified atom stereocenters. The average Bonchev–Trinajstić information content (AvgIpc) is 2.70. The highest BCUT2D eigenvalue weighted by atomic mass is 16.1. The van der Waals surface area contributed by atoms with E-state index in [-0.39, 0.29) is 12.6 Å². The van der Waals surface area contributed by atoms with Crippen molar-refractivity contribution in [3.8, 4) is 11.1 Å². The molecule has 3 rings (SSSR count). The van der Waals surface area contributed by atoms with Crippen LogP contribution >= 0.6 is 0 Å². The van der Waals surface area contributed by atoms with Gasteiger partial charge in [0.05, 0.1) is 18.0 Å². The van der Waals surface area contributed by atoms with E-state index in [1.807, 2.05) is 86.9 Å². The van der Waals surface area contributed by atoms with Gasteiger partial charge in [-0.3, -0.25) is 4.79 Å². The Morgan fingerprint density at radius 2 is 1.61 bits per heavy atom. The molecule has 0 aliphatic carbocycles. The third-order valence-corrected chi connectivity index (χ3v) is 4.38. The summed E-state index contributed by atoms with van der Waals surface area (Å²) < 4.78 is 0. The molecule has 144 valence electrons. The lowest BCUT2D eigenvalue weighted by atomic mass is 10.0. The monoisotopic (exact) mass is 374 g/mol. The minimum absolute atomic E-state index is 0.151. The van der Waals surface area contributed by atoms with Crippen LogP contribution in [0.15, 0.2) is 72.8 Å². The number of anilines is 2. The van der Waals surface area contributed by atoms with Gasteiger partial charge >= 0.3 is 0 Å². The van der Waals surface area contributed by atoms with Gasteiger partial charge in [-0.15, -0.1) is 0 Å². The molecule has 0 saturated carbocycles. The normalized spacial score (nSPS) is 10.7. The van der Waals surface area contributed by atoms with Gasteiger partial charge in [-0.2, -0.15) is 0 Å². The van der Waals surface area contributed by atoms with Gasteiger partial charge in [-0.1, -0.05) is 48.5 Å². The standard InChI is InChI=1S/C23H26N4O/c1-27(2)15-17-8-10-19(11-9-17)23(28)26-22-14-20(12-13-21(22)25-16-24)18-6-4-3-5-7-18/h3-14,25H,15-16,24H2,1-2H3,(H,26,28). The molecule has 0 aromatic heterocycles. The summed E-state index contributed by atoms with van der Waals surface area (Å²) in [6.07, 6.45) is 0. The van der Waals surface area contributed by atoms with Crippen LogP contribution in [0.5, 0.6) is 0 Å². The zero-order valence-corrected chi connectivity index (χ0v) is 16.3. The summed E-state index contributed by atoms with van der Waals surface area (Å²) in [5.41, 5.74) is 11.0. The maximum absolute atomic E-state index is 12.8. The van der Waals surface area contributed by atoms with Gasteiger partial charge in [0.2, 0.25) is 0 Å². The average molecular weight is 374 g/mol. The molecule has 1 amide bonds. The van der Waals surface area contributed by atoms with E-state index in [0.717, 1.165) is 28.9 Å². The van der Waals surface area contributed by atoms with E-state index < -0.39 is 0 Å². The van der Waals surface area contributed by atoms with Crippen LogP contribution in [0.4, 0.5) is 11.4 Å². The molecule has 5 heteroatoms. The van der Waals surface area contributed by atoms with Crippen molar-refractivity contribution in [3.05, 3.63) is 83.9 Å². The number of carbonyl (C=O) groups excluding carboxylic acids is 1. The molecule has 5 nitrogen and oxygen atoms in total. The second kappa shape index (κ2) is 9.17. The van der Waals surface area contributed by atoms with Crippen LogP contribution in [0.1, 0.15) is 15.9 Å². The minimum Gasteiger partial charge on any atom is -0.371 e. The van der Waals surface area contributed by atoms with E-state index in [2.05, 4.69) is 15.5 Å². The van der Waals surface area contributed by atoms with E-state index in [1.54, 1.807) is 0 Å². The molecule has 4 N–H and O–H groups in total. The largest absolute Gasteiger partial charge is 0.371 e. The molecule has 0 heterocycles. The van der Waals surface area contributed by atoms with E-state index in [0.29, 0.717) is 11.3 Å². The number of benzene rings is 3. The highest BCUT2D eigenvalue weighted by molar-refractivity contribution is 6.06. The van der Waals surface area contributed by atoms with E-state index in [9.17, 15) is 4.79 Å². The predicted octanol–water partition coefficient (Wildman–Crippen LogP) is 4.00. The number of nitrogens with two attached hydrogens (primary N) is 1. The topological polar surface area (TPSA) is 70.4 Å². The van der Waals surface area contributed by atoms with Gasteiger partial charge in [0.15, 0.2) is 0 Å². The molecule has 0 radical (unpaired) electrons. The first kappa shape index (κ1) is 19.6. The minimum atomic E-state index is -0.151. The first-order valence-corrected chi connectivity index (χ1v) is 9.25. The van der Waals surface area contributed by atoms with Crippen molar-refractivity contribution >= 4 is 17.3 Å². The Morgan fingerprint density at radius 3 is 2.25 bits per heavy atom. The molecule has 0 aliphatic rings. The SMILES string of the molecule is CN(C)Cc1ccc(C(=O)Nc2cc(-c3ccccc3)ccc2NCN)cc1. The lowest BCUT2D eigenvalue weighted by molar-refractivity contribution is 0.102. The maximum Gasteiger partial charge on any atom is 0.255 e. The number of hydrogen-bond donors (Lipinski definition) is 3. The zero-order chi connectivity index (χ0) is 19.9. The summed E-state index contributed by atoms with van der Waals surface area (Å²) in [6, 6.07) is 23.6. The number of carbonyl (C=O) groups is 1. The maximum atomic E-state index is 12.8. The van der Waals surface area contributed by atoms with Crippen LogP contribution in [0.2, 0.25) is 0 Å². The van der Waals surface area contributed by atoms with Crippen LogP contribution < -0.4 is 16.4 Å². The highest BCUT2D eigenvalue weighted by Crippen LogP contribution is 2.29. The smallest absolute Gasteiger partial charge is 0.255 e. The molecule has 3 aromatic rings. The second-order valence-electron chi connectivity index (χ2n) is 6.90. The van der Waals surface area contributed by atoms with Crippen molar-refractivity contribution in [2.45, 2.75) is 6.54 Å². The van der Waals surface area contributed by atoms with E-state index >= 15 is 0 Å². The van der Waals surface area contributed by atoms with Gasteiger partial charge in [-0.25, -0.2) is 0 Å². The van der Waals surface area contributed by atoms with Crippen LogP contribution in [-0.2, 0) is 6.54 Å². The Balaban J connectivity index is 1.84. The Hall–Kier alpha value is -3.15. The van der Waals surface area contributed by atoms with Crippen molar-refractivity contribution in [1.82, 2.24) is 4.90 Å². The fraction of sp³-hybridized carbons (Fsp3) is 0.174. The number of rotatable bonds is 7. The predicted molar refractivity (Wildman–Crippen MR) is 116 cm³/mol. The Morgan fingerprint density at radius 1 is 0.893 bits per heavy atom. The number of hydrogen-bond acceptors (Lipinski definition) is 4. The summed E-state index contributed by atoms with van der Waals surface area (Å²) in [7, 11) is 4.04. The van der Waals surface area contributed by atoms with E-state index in [4.69, 9.17) is 5.73 Å². The number of nitrogens with one attached hydrogen (secondary N) is 2. The molecule has 0 aliphatic heterocycles. The van der Waals surface area contributed by atoms with Gasteiger partial charge in [0.25, 0.3) is 5.91 Å². The van der Waals surface area contributed by atoms with Crippen molar-refractivity contribution in [1.29, 1.82) is 0 Å².